The molecule has 1 amide bonds. The van der Waals surface area contributed by atoms with Gasteiger partial charge in [-0.05, 0) is 38.5 Å². The molecule has 1 aromatic carbocycles. The van der Waals surface area contributed by atoms with Crippen LogP contribution in [0.4, 0.5) is 5.13 Å². The molecule has 1 heterocycles. The molecule has 18 heavy (non-hydrogen) atoms. The molecule has 1 aromatic heterocycles. The van der Waals surface area contributed by atoms with Crippen LogP contribution in [-0.4, -0.2) is 10.9 Å². The number of nitrogens with zero attached hydrogens (tertiary/aromatic N) is 1. The zero-order valence-corrected chi connectivity index (χ0v) is 12.8. The molecular weight excluding hydrogens is 312 g/mol. The summed E-state index contributed by atoms with van der Waals surface area (Å²) in [7, 11) is 0. The van der Waals surface area contributed by atoms with Crippen molar-refractivity contribution < 1.29 is 4.79 Å². The molecule has 0 aliphatic carbocycles. The van der Waals surface area contributed by atoms with Crippen LogP contribution in [0.15, 0.2) is 22.7 Å². The zero-order valence-electron chi connectivity index (χ0n) is 10.4. The van der Waals surface area contributed by atoms with E-state index in [4.69, 9.17) is 0 Å². The first-order valence-electron chi connectivity index (χ1n) is 5.49. The molecule has 0 saturated heterocycles. The van der Waals surface area contributed by atoms with Crippen LogP contribution >= 0.6 is 27.3 Å². The maximum absolute atomic E-state index is 12.0. The van der Waals surface area contributed by atoms with Crippen molar-refractivity contribution in [3.63, 3.8) is 0 Å². The number of amides is 1. The van der Waals surface area contributed by atoms with E-state index in [1.807, 2.05) is 39.0 Å². The molecule has 0 radical (unpaired) electrons. The van der Waals surface area contributed by atoms with Gasteiger partial charge in [0.05, 0.1) is 5.69 Å². The van der Waals surface area contributed by atoms with E-state index >= 15 is 0 Å². The molecule has 0 spiro atoms. The zero-order chi connectivity index (χ0) is 13.3. The van der Waals surface area contributed by atoms with Gasteiger partial charge in [-0.1, -0.05) is 22.0 Å². The number of rotatable bonds is 2. The predicted molar refractivity (Wildman–Crippen MR) is 78.4 cm³/mol. The highest BCUT2D eigenvalue weighted by Crippen LogP contribution is 2.23. The first kappa shape index (κ1) is 13.2. The van der Waals surface area contributed by atoms with Crippen LogP contribution in [0, 0.1) is 20.8 Å². The molecule has 0 aliphatic rings. The molecule has 0 fully saturated rings. The Hall–Kier alpha value is -1.20. The molecule has 0 bridgehead atoms. The van der Waals surface area contributed by atoms with Crippen LogP contribution in [0.2, 0.25) is 0 Å². The Morgan fingerprint density at radius 3 is 2.61 bits per heavy atom. The van der Waals surface area contributed by atoms with Crippen LogP contribution in [0.3, 0.4) is 0 Å². The highest BCUT2D eigenvalue weighted by molar-refractivity contribution is 9.10. The van der Waals surface area contributed by atoms with Crippen LogP contribution < -0.4 is 5.32 Å². The van der Waals surface area contributed by atoms with Gasteiger partial charge in [-0.15, -0.1) is 11.3 Å². The summed E-state index contributed by atoms with van der Waals surface area (Å²) in [5.74, 6) is -0.135. The summed E-state index contributed by atoms with van der Waals surface area (Å²) >= 11 is 4.91. The van der Waals surface area contributed by atoms with E-state index < -0.39 is 0 Å². The lowest BCUT2D eigenvalue weighted by molar-refractivity contribution is 0.102. The molecule has 2 rings (SSSR count). The van der Waals surface area contributed by atoms with Crippen LogP contribution in [0.25, 0.3) is 0 Å². The third-order valence-corrected chi connectivity index (χ3v) is 4.53. The standard InChI is InChI=1S/C13H13BrN2OS/c1-7-4-5-10(6-11(7)14)12(17)16-13-15-8(2)9(3)18-13/h4-6H,1-3H3,(H,15,16,17). The molecule has 3 nitrogen and oxygen atoms in total. The highest BCUT2D eigenvalue weighted by atomic mass is 79.9. The van der Waals surface area contributed by atoms with Crippen molar-refractivity contribution in [1.29, 1.82) is 0 Å². The van der Waals surface area contributed by atoms with E-state index in [0.29, 0.717) is 10.7 Å². The maximum Gasteiger partial charge on any atom is 0.257 e. The maximum atomic E-state index is 12.0. The second-order valence-electron chi connectivity index (χ2n) is 4.08. The van der Waals surface area contributed by atoms with Gasteiger partial charge in [-0.25, -0.2) is 4.98 Å². The van der Waals surface area contributed by atoms with Gasteiger partial charge in [-0.3, -0.25) is 10.1 Å². The van der Waals surface area contributed by atoms with Crippen molar-refractivity contribution in [2.45, 2.75) is 20.8 Å². The number of benzene rings is 1. The van der Waals surface area contributed by atoms with Crippen LogP contribution in [0.1, 0.15) is 26.5 Å². The van der Waals surface area contributed by atoms with E-state index in [0.717, 1.165) is 20.6 Å². The summed E-state index contributed by atoms with van der Waals surface area (Å²) in [6.07, 6.45) is 0. The van der Waals surface area contributed by atoms with Crippen molar-refractivity contribution in [1.82, 2.24) is 4.98 Å². The summed E-state index contributed by atoms with van der Waals surface area (Å²) in [5.41, 5.74) is 2.69. The lowest BCUT2D eigenvalue weighted by Crippen LogP contribution is -2.11. The first-order chi connectivity index (χ1) is 8.47. The first-order valence-corrected chi connectivity index (χ1v) is 7.10. The topological polar surface area (TPSA) is 42.0 Å². The largest absolute Gasteiger partial charge is 0.298 e. The average Bonchev–Trinajstić information content (AvgIpc) is 2.61. The van der Waals surface area contributed by atoms with Gasteiger partial charge in [0.2, 0.25) is 0 Å². The number of halogens is 1. The SMILES string of the molecule is Cc1ccc(C(=O)Nc2nc(C)c(C)s2)cc1Br. The molecule has 0 saturated carbocycles. The van der Waals surface area contributed by atoms with Crippen molar-refractivity contribution in [2.75, 3.05) is 5.32 Å². The van der Waals surface area contributed by atoms with Gasteiger partial charge in [0.15, 0.2) is 5.13 Å². The number of carbonyl (C=O) groups is 1. The highest BCUT2D eigenvalue weighted by Gasteiger charge is 2.10. The molecule has 2 aromatic rings. The normalized spacial score (nSPS) is 10.4. The van der Waals surface area contributed by atoms with Crippen molar-refractivity contribution in [3.05, 3.63) is 44.4 Å². The summed E-state index contributed by atoms with van der Waals surface area (Å²) in [4.78, 5) is 17.4. The lowest BCUT2D eigenvalue weighted by Gasteiger charge is -2.04. The van der Waals surface area contributed by atoms with Gasteiger partial charge >= 0.3 is 0 Å². The minimum atomic E-state index is -0.135. The molecule has 0 unspecified atom stereocenters. The number of aromatic nitrogens is 1. The smallest absolute Gasteiger partial charge is 0.257 e. The molecule has 1 N–H and O–H groups in total. The van der Waals surface area contributed by atoms with E-state index in [1.54, 1.807) is 0 Å². The average molecular weight is 325 g/mol. The predicted octanol–water partition coefficient (Wildman–Crippen LogP) is 4.08. The summed E-state index contributed by atoms with van der Waals surface area (Å²) in [6.45, 7) is 5.91. The Labute approximate surface area is 118 Å². The van der Waals surface area contributed by atoms with E-state index in [1.165, 1.54) is 11.3 Å². The Morgan fingerprint density at radius 1 is 1.33 bits per heavy atom. The molecule has 0 aliphatic heterocycles. The quantitative estimate of drug-likeness (QED) is 0.904. The van der Waals surface area contributed by atoms with E-state index in [9.17, 15) is 4.79 Å². The van der Waals surface area contributed by atoms with Gasteiger partial charge < -0.3 is 0 Å². The Balaban J connectivity index is 2.19. The van der Waals surface area contributed by atoms with Crippen molar-refractivity contribution in [2.24, 2.45) is 0 Å². The van der Waals surface area contributed by atoms with Crippen molar-refractivity contribution in [3.8, 4) is 0 Å². The third-order valence-electron chi connectivity index (χ3n) is 2.68. The number of aryl methyl sites for hydroxylation is 3. The minimum absolute atomic E-state index is 0.135. The Kier molecular flexibility index (Phi) is 3.82. The minimum Gasteiger partial charge on any atom is -0.298 e. The van der Waals surface area contributed by atoms with Crippen LogP contribution in [0.5, 0.6) is 0 Å². The number of anilines is 1. The second-order valence-corrected chi connectivity index (χ2v) is 6.14. The molecular formula is C13H13BrN2OS. The fourth-order valence-electron chi connectivity index (χ4n) is 1.43. The summed E-state index contributed by atoms with van der Waals surface area (Å²) < 4.78 is 0.932. The van der Waals surface area contributed by atoms with E-state index in [2.05, 4.69) is 26.2 Å². The third kappa shape index (κ3) is 2.79. The summed E-state index contributed by atoms with van der Waals surface area (Å²) in [5, 5.41) is 3.46. The lowest BCUT2D eigenvalue weighted by atomic mass is 10.1. The number of hydrogen-bond donors (Lipinski definition) is 1. The van der Waals surface area contributed by atoms with Gasteiger partial charge in [-0.2, -0.15) is 0 Å². The summed E-state index contributed by atoms with van der Waals surface area (Å²) in [6, 6.07) is 5.54. The van der Waals surface area contributed by atoms with Crippen molar-refractivity contribution >= 4 is 38.3 Å². The van der Waals surface area contributed by atoms with Crippen LogP contribution in [-0.2, 0) is 0 Å². The fourth-order valence-corrected chi connectivity index (χ4v) is 2.62. The van der Waals surface area contributed by atoms with Gasteiger partial charge in [0.1, 0.15) is 0 Å². The number of carbonyl (C=O) groups excluding carboxylic acids is 1. The second kappa shape index (κ2) is 5.20. The molecule has 0 atom stereocenters. The van der Waals surface area contributed by atoms with E-state index in [-0.39, 0.29) is 5.91 Å². The number of hydrogen-bond acceptors (Lipinski definition) is 3. The van der Waals surface area contributed by atoms with Gasteiger partial charge in [0.25, 0.3) is 5.91 Å². The number of nitrogens with one attached hydrogen (secondary N) is 1. The Morgan fingerprint density at radius 2 is 2.06 bits per heavy atom. The number of thiazole rings is 1. The monoisotopic (exact) mass is 324 g/mol. The molecule has 94 valence electrons. The Bertz CT molecular complexity index is 588. The molecule has 5 heteroatoms. The fraction of sp³-hybridized carbons (Fsp3) is 0.231. The van der Waals surface area contributed by atoms with Gasteiger partial charge in [0, 0.05) is 14.9 Å².